The molecule has 1 saturated heterocycles. The third-order valence-electron chi connectivity index (χ3n) is 3.20. The average molecular weight is 225 g/mol. The third-order valence-corrected chi connectivity index (χ3v) is 3.20. The minimum absolute atomic E-state index is 0.202. The van der Waals surface area contributed by atoms with Crippen molar-refractivity contribution in [3.8, 4) is 0 Å². The Balaban J connectivity index is 2.07. The first-order valence-corrected chi connectivity index (χ1v) is 5.84. The van der Waals surface area contributed by atoms with E-state index >= 15 is 0 Å². The molecule has 1 aliphatic heterocycles. The molecule has 1 unspecified atom stereocenters. The Labute approximate surface area is 94.9 Å². The van der Waals surface area contributed by atoms with E-state index in [2.05, 4.69) is 5.32 Å². The fraction of sp³-hybridized carbons (Fsp3) is 0.538. The lowest BCUT2D eigenvalue weighted by molar-refractivity contribution is 0.149. The first-order chi connectivity index (χ1) is 7.77. The molecular weight excluding hydrogens is 208 g/mol. The third kappa shape index (κ3) is 2.79. The second kappa shape index (κ2) is 5.39. The number of hydrogen-bond donors (Lipinski definition) is 1. The van der Waals surface area contributed by atoms with E-state index in [9.17, 15) is 8.78 Å². The molecule has 1 fully saturated rings. The van der Waals surface area contributed by atoms with Gasteiger partial charge in [0.1, 0.15) is 0 Å². The van der Waals surface area contributed by atoms with Crippen molar-refractivity contribution in [1.29, 1.82) is 0 Å². The zero-order valence-corrected chi connectivity index (χ0v) is 9.26. The smallest absolute Gasteiger partial charge is 0.264 e. The number of benzene rings is 1. The molecule has 1 aromatic rings. The molecule has 1 N–H and O–H groups in total. The van der Waals surface area contributed by atoms with E-state index in [1.807, 2.05) is 12.1 Å². The van der Waals surface area contributed by atoms with Gasteiger partial charge in [0, 0.05) is 5.56 Å². The number of hydrogen-bond acceptors (Lipinski definition) is 1. The molecule has 0 radical (unpaired) electrons. The fourth-order valence-corrected chi connectivity index (χ4v) is 2.34. The number of alkyl halides is 2. The summed E-state index contributed by atoms with van der Waals surface area (Å²) in [4.78, 5) is 0. The SMILES string of the molecule is FC(F)c1ccccc1CC1CCCNC1. The zero-order valence-electron chi connectivity index (χ0n) is 9.26. The molecule has 1 aliphatic rings. The Kier molecular flexibility index (Phi) is 3.88. The van der Waals surface area contributed by atoms with Crippen LogP contribution in [0.15, 0.2) is 24.3 Å². The van der Waals surface area contributed by atoms with Gasteiger partial charge in [0.25, 0.3) is 6.43 Å². The molecule has 0 aromatic heterocycles. The predicted octanol–water partition coefficient (Wildman–Crippen LogP) is 3.17. The van der Waals surface area contributed by atoms with E-state index in [1.165, 1.54) is 6.07 Å². The zero-order chi connectivity index (χ0) is 11.4. The molecule has 1 atom stereocenters. The molecule has 3 heteroatoms. The van der Waals surface area contributed by atoms with Crippen molar-refractivity contribution in [1.82, 2.24) is 5.32 Å². The fourth-order valence-electron chi connectivity index (χ4n) is 2.34. The Morgan fingerprint density at radius 2 is 2.12 bits per heavy atom. The van der Waals surface area contributed by atoms with Crippen LogP contribution in [0.2, 0.25) is 0 Å². The van der Waals surface area contributed by atoms with Crippen molar-refractivity contribution in [2.24, 2.45) is 5.92 Å². The van der Waals surface area contributed by atoms with Gasteiger partial charge in [-0.05, 0) is 43.8 Å². The van der Waals surface area contributed by atoms with Crippen LogP contribution in [0.25, 0.3) is 0 Å². The lowest BCUT2D eigenvalue weighted by atomic mass is 9.90. The van der Waals surface area contributed by atoms with Crippen LogP contribution in [0, 0.1) is 5.92 Å². The van der Waals surface area contributed by atoms with Gasteiger partial charge in [-0.15, -0.1) is 0 Å². The van der Waals surface area contributed by atoms with E-state index in [0.29, 0.717) is 5.92 Å². The molecule has 1 heterocycles. The van der Waals surface area contributed by atoms with Crippen LogP contribution < -0.4 is 5.32 Å². The van der Waals surface area contributed by atoms with Crippen LogP contribution in [0.3, 0.4) is 0 Å². The van der Waals surface area contributed by atoms with E-state index in [4.69, 9.17) is 0 Å². The van der Waals surface area contributed by atoms with Crippen LogP contribution >= 0.6 is 0 Å². The highest BCUT2D eigenvalue weighted by Gasteiger charge is 2.17. The molecule has 16 heavy (non-hydrogen) atoms. The minimum atomic E-state index is -2.35. The maximum Gasteiger partial charge on any atom is 0.264 e. The highest BCUT2D eigenvalue weighted by Crippen LogP contribution is 2.26. The highest BCUT2D eigenvalue weighted by atomic mass is 19.3. The standard InChI is InChI=1S/C13H17F2N/c14-13(15)12-6-2-1-5-11(12)8-10-4-3-7-16-9-10/h1-2,5-6,10,13,16H,3-4,7-9H2. The summed E-state index contributed by atoms with van der Waals surface area (Å²) < 4.78 is 25.5. The predicted molar refractivity (Wildman–Crippen MR) is 60.7 cm³/mol. The lowest BCUT2D eigenvalue weighted by Crippen LogP contribution is -2.31. The minimum Gasteiger partial charge on any atom is -0.316 e. The van der Waals surface area contributed by atoms with Crippen LogP contribution in [0.5, 0.6) is 0 Å². The summed E-state index contributed by atoms with van der Waals surface area (Å²) in [6.45, 7) is 2.02. The molecule has 0 bridgehead atoms. The Bertz CT molecular complexity index is 332. The lowest BCUT2D eigenvalue weighted by Gasteiger charge is -2.23. The molecule has 1 nitrogen and oxygen atoms in total. The quantitative estimate of drug-likeness (QED) is 0.833. The summed E-state index contributed by atoms with van der Waals surface area (Å²) in [6.07, 6.45) is 0.715. The Morgan fingerprint density at radius 1 is 1.31 bits per heavy atom. The maximum absolute atomic E-state index is 12.8. The molecule has 0 saturated carbocycles. The van der Waals surface area contributed by atoms with Gasteiger partial charge in [-0.25, -0.2) is 8.78 Å². The summed E-state index contributed by atoms with van der Waals surface area (Å²) in [5.74, 6) is 0.508. The van der Waals surface area contributed by atoms with E-state index < -0.39 is 6.43 Å². The first kappa shape index (κ1) is 11.5. The van der Waals surface area contributed by atoms with Gasteiger partial charge in [-0.3, -0.25) is 0 Å². The maximum atomic E-state index is 12.8. The Morgan fingerprint density at radius 3 is 2.81 bits per heavy atom. The van der Waals surface area contributed by atoms with Crippen LogP contribution in [0.4, 0.5) is 8.78 Å². The van der Waals surface area contributed by atoms with Crippen LogP contribution in [-0.4, -0.2) is 13.1 Å². The molecule has 0 spiro atoms. The number of rotatable bonds is 3. The normalized spacial score (nSPS) is 21.3. The number of nitrogens with one attached hydrogen (secondary N) is 1. The number of piperidine rings is 1. The largest absolute Gasteiger partial charge is 0.316 e. The van der Waals surface area contributed by atoms with Gasteiger partial charge in [0.2, 0.25) is 0 Å². The first-order valence-electron chi connectivity index (χ1n) is 5.84. The van der Waals surface area contributed by atoms with Gasteiger partial charge in [0.05, 0.1) is 0 Å². The van der Waals surface area contributed by atoms with Gasteiger partial charge >= 0.3 is 0 Å². The van der Waals surface area contributed by atoms with Crippen molar-refractivity contribution in [2.75, 3.05) is 13.1 Å². The summed E-state index contributed by atoms with van der Waals surface area (Å²) >= 11 is 0. The van der Waals surface area contributed by atoms with E-state index in [1.54, 1.807) is 6.07 Å². The molecule has 1 aromatic carbocycles. The second-order valence-electron chi connectivity index (χ2n) is 4.42. The second-order valence-corrected chi connectivity index (χ2v) is 4.42. The average Bonchev–Trinajstić information content (AvgIpc) is 2.31. The van der Waals surface area contributed by atoms with Crippen molar-refractivity contribution in [3.63, 3.8) is 0 Å². The molecule has 0 amide bonds. The van der Waals surface area contributed by atoms with Gasteiger partial charge in [0.15, 0.2) is 0 Å². The number of halogens is 2. The van der Waals surface area contributed by atoms with Gasteiger partial charge in [-0.1, -0.05) is 24.3 Å². The van der Waals surface area contributed by atoms with Crippen LogP contribution in [-0.2, 0) is 6.42 Å². The van der Waals surface area contributed by atoms with Gasteiger partial charge < -0.3 is 5.32 Å². The van der Waals surface area contributed by atoms with Crippen molar-refractivity contribution < 1.29 is 8.78 Å². The van der Waals surface area contributed by atoms with E-state index in [0.717, 1.165) is 37.9 Å². The van der Waals surface area contributed by atoms with Crippen molar-refractivity contribution in [3.05, 3.63) is 35.4 Å². The molecule has 88 valence electrons. The monoisotopic (exact) mass is 225 g/mol. The molecular formula is C13H17F2N. The van der Waals surface area contributed by atoms with E-state index in [-0.39, 0.29) is 5.56 Å². The molecule has 2 rings (SSSR count). The summed E-state index contributed by atoms with van der Waals surface area (Å²) in [7, 11) is 0. The highest BCUT2D eigenvalue weighted by molar-refractivity contribution is 5.28. The van der Waals surface area contributed by atoms with Crippen molar-refractivity contribution in [2.45, 2.75) is 25.7 Å². The summed E-state index contributed by atoms with van der Waals surface area (Å²) in [5, 5.41) is 3.32. The van der Waals surface area contributed by atoms with Crippen molar-refractivity contribution >= 4 is 0 Å². The van der Waals surface area contributed by atoms with Gasteiger partial charge in [-0.2, -0.15) is 0 Å². The summed E-state index contributed by atoms with van der Waals surface area (Å²) in [6, 6.07) is 6.90. The summed E-state index contributed by atoms with van der Waals surface area (Å²) in [5.41, 5.74) is 1.01. The Hall–Kier alpha value is -0.960. The molecule has 0 aliphatic carbocycles. The topological polar surface area (TPSA) is 12.0 Å². The van der Waals surface area contributed by atoms with Crippen LogP contribution in [0.1, 0.15) is 30.4 Å².